The van der Waals surface area contributed by atoms with E-state index in [2.05, 4.69) is 10.6 Å². The van der Waals surface area contributed by atoms with E-state index in [-0.39, 0.29) is 16.4 Å². The van der Waals surface area contributed by atoms with Crippen LogP contribution in [0.4, 0.5) is 11.4 Å². The molecule has 1 amide bonds. The highest BCUT2D eigenvalue weighted by Crippen LogP contribution is 2.26. The van der Waals surface area contributed by atoms with Crippen molar-refractivity contribution in [2.24, 2.45) is 0 Å². The van der Waals surface area contributed by atoms with E-state index in [1.54, 1.807) is 43.5 Å². The number of hydrogen-bond acceptors (Lipinski definition) is 5. The molecule has 0 spiro atoms. The molecule has 0 unspecified atom stereocenters. The first kappa shape index (κ1) is 20.2. The van der Waals surface area contributed by atoms with E-state index in [1.165, 1.54) is 10.4 Å². The van der Waals surface area contributed by atoms with Gasteiger partial charge in [-0.15, -0.1) is 0 Å². The Morgan fingerprint density at radius 1 is 1.11 bits per heavy atom. The molecule has 1 heterocycles. The number of rotatable bonds is 7. The van der Waals surface area contributed by atoms with Crippen LogP contribution in [-0.4, -0.2) is 45.4 Å². The van der Waals surface area contributed by atoms with Gasteiger partial charge in [0, 0.05) is 42.6 Å². The Balaban J connectivity index is 1.93. The number of hydrogen-bond donors (Lipinski definition) is 2. The predicted molar refractivity (Wildman–Crippen MR) is 110 cm³/mol. The monoisotopic (exact) mass is 403 g/mol. The maximum Gasteiger partial charge on any atom is 0.255 e. The fraction of sp³-hybridized carbons (Fsp3) is 0.350. The molecule has 28 heavy (non-hydrogen) atoms. The Hall–Kier alpha value is -2.58. The second-order valence-electron chi connectivity index (χ2n) is 6.57. The molecule has 0 atom stereocenters. The number of nitrogens with zero attached hydrogens (tertiary/aromatic N) is 1. The lowest BCUT2D eigenvalue weighted by Gasteiger charge is -2.17. The van der Waals surface area contributed by atoms with Crippen LogP contribution in [0, 0.1) is 0 Å². The second-order valence-corrected chi connectivity index (χ2v) is 8.51. The minimum Gasteiger partial charge on any atom is -0.497 e. The van der Waals surface area contributed by atoms with E-state index >= 15 is 0 Å². The lowest BCUT2D eigenvalue weighted by Crippen LogP contribution is -2.28. The van der Waals surface area contributed by atoms with Crippen LogP contribution < -0.4 is 15.4 Å². The highest BCUT2D eigenvalue weighted by Gasteiger charge is 2.28. The summed E-state index contributed by atoms with van der Waals surface area (Å²) >= 11 is 0. The van der Waals surface area contributed by atoms with Gasteiger partial charge in [0.15, 0.2) is 0 Å². The van der Waals surface area contributed by atoms with Crippen molar-refractivity contribution in [2.45, 2.75) is 24.7 Å². The van der Waals surface area contributed by atoms with Gasteiger partial charge in [0.2, 0.25) is 10.0 Å². The first-order chi connectivity index (χ1) is 13.4. The average Bonchev–Trinajstić information content (AvgIpc) is 3.24. The molecular weight excluding hydrogens is 378 g/mol. The molecule has 1 saturated heterocycles. The van der Waals surface area contributed by atoms with Crippen molar-refractivity contribution in [1.82, 2.24) is 4.31 Å². The van der Waals surface area contributed by atoms with E-state index < -0.39 is 10.0 Å². The fourth-order valence-corrected chi connectivity index (χ4v) is 4.76. The van der Waals surface area contributed by atoms with Crippen LogP contribution in [0.15, 0.2) is 47.4 Å². The van der Waals surface area contributed by atoms with E-state index in [9.17, 15) is 13.2 Å². The zero-order chi connectivity index (χ0) is 20.1. The molecule has 7 nitrogen and oxygen atoms in total. The van der Waals surface area contributed by atoms with Gasteiger partial charge in [-0.3, -0.25) is 4.79 Å². The molecule has 150 valence electrons. The predicted octanol–water partition coefficient (Wildman–Crippen LogP) is 3.16. The molecule has 1 aliphatic rings. The van der Waals surface area contributed by atoms with Crippen molar-refractivity contribution < 1.29 is 17.9 Å². The topological polar surface area (TPSA) is 87.7 Å². The molecule has 0 radical (unpaired) electrons. The number of benzene rings is 2. The number of carbonyl (C=O) groups excluding carboxylic acids is 1. The van der Waals surface area contributed by atoms with Crippen LogP contribution in [0.2, 0.25) is 0 Å². The van der Waals surface area contributed by atoms with Gasteiger partial charge in [-0.2, -0.15) is 4.31 Å². The lowest BCUT2D eigenvalue weighted by molar-refractivity contribution is 0.102. The largest absolute Gasteiger partial charge is 0.497 e. The summed E-state index contributed by atoms with van der Waals surface area (Å²) in [5.74, 6) is 0.238. The van der Waals surface area contributed by atoms with Crippen molar-refractivity contribution in [2.75, 3.05) is 37.4 Å². The summed E-state index contributed by atoms with van der Waals surface area (Å²) in [6.45, 7) is 3.56. The maximum atomic E-state index is 13.0. The smallest absolute Gasteiger partial charge is 0.255 e. The van der Waals surface area contributed by atoms with E-state index in [0.717, 1.165) is 12.8 Å². The number of anilines is 2. The van der Waals surface area contributed by atoms with Crippen molar-refractivity contribution in [3.63, 3.8) is 0 Å². The number of methoxy groups -OCH3 is 1. The molecule has 2 N–H and O–H groups in total. The van der Waals surface area contributed by atoms with E-state index in [1.807, 2.05) is 6.92 Å². The Bertz CT molecular complexity index is 954. The number of sulfonamides is 1. The van der Waals surface area contributed by atoms with Crippen LogP contribution in [0.5, 0.6) is 5.75 Å². The van der Waals surface area contributed by atoms with Gasteiger partial charge < -0.3 is 15.4 Å². The van der Waals surface area contributed by atoms with Crippen LogP contribution in [-0.2, 0) is 10.0 Å². The third-order valence-corrected chi connectivity index (χ3v) is 6.46. The number of carbonyl (C=O) groups is 1. The molecule has 1 fully saturated rings. The van der Waals surface area contributed by atoms with E-state index in [0.29, 0.717) is 36.8 Å². The minimum absolute atomic E-state index is 0.128. The summed E-state index contributed by atoms with van der Waals surface area (Å²) in [6, 6.07) is 11.7. The molecule has 8 heteroatoms. The first-order valence-electron chi connectivity index (χ1n) is 9.28. The highest BCUT2D eigenvalue weighted by atomic mass is 32.2. The summed E-state index contributed by atoms with van der Waals surface area (Å²) in [5.41, 5.74) is 1.44. The SMILES string of the molecule is CCNc1cc(C(=O)Nc2cccc(OC)c2)cc(S(=O)(=O)N2CCCC2)c1. The van der Waals surface area contributed by atoms with Gasteiger partial charge >= 0.3 is 0 Å². The van der Waals surface area contributed by atoms with Crippen LogP contribution in [0.1, 0.15) is 30.1 Å². The molecule has 0 aliphatic carbocycles. The van der Waals surface area contributed by atoms with Crippen molar-refractivity contribution in [3.8, 4) is 5.75 Å². The Morgan fingerprint density at radius 2 is 1.86 bits per heavy atom. The zero-order valence-electron chi connectivity index (χ0n) is 16.1. The zero-order valence-corrected chi connectivity index (χ0v) is 16.9. The van der Waals surface area contributed by atoms with Crippen molar-refractivity contribution in [3.05, 3.63) is 48.0 Å². The van der Waals surface area contributed by atoms with Crippen LogP contribution in [0.3, 0.4) is 0 Å². The molecule has 2 aromatic rings. The summed E-state index contributed by atoms with van der Waals surface area (Å²) < 4.78 is 32.6. The molecule has 0 aromatic heterocycles. The Kier molecular flexibility index (Phi) is 6.21. The van der Waals surface area contributed by atoms with Gasteiger partial charge in [0.1, 0.15) is 5.75 Å². The summed E-state index contributed by atoms with van der Waals surface area (Å²) in [7, 11) is -2.07. The average molecular weight is 404 g/mol. The minimum atomic E-state index is -3.63. The summed E-state index contributed by atoms with van der Waals surface area (Å²) in [4.78, 5) is 12.9. The molecule has 0 bridgehead atoms. The van der Waals surface area contributed by atoms with Gasteiger partial charge in [0.05, 0.1) is 12.0 Å². The summed E-state index contributed by atoms with van der Waals surface area (Å²) in [5, 5.41) is 5.90. The van der Waals surface area contributed by atoms with Crippen molar-refractivity contribution >= 4 is 27.3 Å². The molecule has 2 aromatic carbocycles. The van der Waals surface area contributed by atoms with Gasteiger partial charge in [-0.05, 0) is 50.1 Å². The number of ether oxygens (including phenoxy) is 1. The third-order valence-electron chi connectivity index (χ3n) is 4.58. The Labute approximate surface area is 165 Å². The van der Waals surface area contributed by atoms with Gasteiger partial charge in [0.25, 0.3) is 5.91 Å². The Morgan fingerprint density at radius 3 is 2.54 bits per heavy atom. The highest BCUT2D eigenvalue weighted by molar-refractivity contribution is 7.89. The molecule has 3 rings (SSSR count). The first-order valence-corrected chi connectivity index (χ1v) is 10.7. The maximum absolute atomic E-state index is 13.0. The second kappa shape index (κ2) is 8.62. The van der Waals surface area contributed by atoms with Crippen LogP contribution in [0.25, 0.3) is 0 Å². The van der Waals surface area contributed by atoms with Gasteiger partial charge in [-0.25, -0.2) is 8.42 Å². The number of amides is 1. The standard InChI is InChI=1S/C20H25N3O4S/c1-3-21-17-11-15(20(24)22-16-7-6-8-18(13-16)27-2)12-19(14-17)28(25,26)23-9-4-5-10-23/h6-8,11-14,21H,3-5,9-10H2,1-2H3,(H,22,24). The van der Waals surface area contributed by atoms with Crippen molar-refractivity contribution in [1.29, 1.82) is 0 Å². The third kappa shape index (κ3) is 4.45. The van der Waals surface area contributed by atoms with E-state index in [4.69, 9.17) is 4.74 Å². The molecule has 0 saturated carbocycles. The van der Waals surface area contributed by atoms with Gasteiger partial charge in [-0.1, -0.05) is 6.07 Å². The molecular formula is C20H25N3O4S. The normalized spacial score (nSPS) is 14.6. The number of nitrogens with one attached hydrogen (secondary N) is 2. The molecule has 1 aliphatic heterocycles. The van der Waals surface area contributed by atoms with Crippen LogP contribution >= 0.6 is 0 Å². The quantitative estimate of drug-likeness (QED) is 0.741. The summed E-state index contributed by atoms with van der Waals surface area (Å²) in [6.07, 6.45) is 1.71. The fourth-order valence-electron chi connectivity index (χ4n) is 3.17. The lowest BCUT2D eigenvalue weighted by atomic mass is 10.1.